The number of halogens is 4. The molecule has 1 nitrogen and oxygen atoms in total. The van der Waals surface area contributed by atoms with Gasteiger partial charge in [-0.2, -0.15) is 0 Å². The van der Waals surface area contributed by atoms with E-state index in [2.05, 4.69) is 15.9 Å². The van der Waals surface area contributed by atoms with Crippen molar-refractivity contribution in [2.45, 2.75) is 18.9 Å². The summed E-state index contributed by atoms with van der Waals surface area (Å²) in [6.07, 6.45) is 0.558. The second-order valence-electron chi connectivity index (χ2n) is 5.84. The molecule has 0 aromatic heterocycles. The van der Waals surface area contributed by atoms with Crippen molar-refractivity contribution in [3.05, 3.63) is 75.5 Å². The highest BCUT2D eigenvalue weighted by atomic mass is 79.9. The van der Waals surface area contributed by atoms with Crippen molar-refractivity contribution in [2.75, 3.05) is 0 Å². The lowest BCUT2D eigenvalue weighted by atomic mass is 9.93. The minimum absolute atomic E-state index is 0.0513. The highest BCUT2D eigenvalue weighted by Gasteiger charge is 2.26. The van der Waals surface area contributed by atoms with Gasteiger partial charge in [0.25, 0.3) is 0 Å². The molecule has 0 fully saturated rings. The predicted molar refractivity (Wildman–Crippen MR) is 89.7 cm³/mol. The van der Waals surface area contributed by atoms with Gasteiger partial charge in [0.2, 0.25) is 0 Å². The monoisotopic (exact) mass is 392 g/mol. The molecule has 4 rings (SSSR count). The lowest BCUT2D eigenvalue weighted by Gasteiger charge is -2.27. The molecule has 3 aromatic rings. The Hall–Kier alpha value is -2.01. The van der Waals surface area contributed by atoms with Crippen molar-refractivity contribution >= 4 is 26.7 Å². The predicted octanol–water partition coefficient (Wildman–Crippen LogP) is 6.09. The van der Waals surface area contributed by atoms with Crippen molar-refractivity contribution < 1.29 is 17.9 Å². The Bertz CT molecular complexity index is 955. The van der Waals surface area contributed by atoms with Gasteiger partial charge in [-0.3, -0.25) is 0 Å². The standard InChI is InChI=1S/C19H12BrF3O/c20-11-2-3-12-10(7-11)1-5-18-13(12)4-6-19(24-18)14-8-16(22)17(23)9-15(14)21/h1-3,5,7-9,19H,4,6H2/t19-/m0/s1. The first kappa shape index (κ1) is 15.5. The van der Waals surface area contributed by atoms with Crippen molar-refractivity contribution in [2.24, 2.45) is 0 Å². The Labute approximate surface area is 145 Å². The van der Waals surface area contributed by atoms with E-state index in [1.165, 1.54) is 0 Å². The Morgan fingerprint density at radius 2 is 1.71 bits per heavy atom. The van der Waals surface area contributed by atoms with Gasteiger partial charge >= 0.3 is 0 Å². The molecular weight excluding hydrogens is 381 g/mol. The Kier molecular flexibility index (Phi) is 3.76. The van der Waals surface area contributed by atoms with E-state index in [4.69, 9.17) is 4.74 Å². The number of benzene rings is 3. The van der Waals surface area contributed by atoms with E-state index in [-0.39, 0.29) is 5.56 Å². The first-order valence-corrected chi connectivity index (χ1v) is 8.34. The molecule has 0 spiro atoms. The number of rotatable bonds is 1. The third kappa shape index (κ3) is 2.57. The Balaban J connectivity index is 1.74. The fourth-order valence-corrected chi connectivity index (χ4v) is 3.58. The molecule has 1 aliphatic rings. The van der Waals surface area contributed by atoms with E-state index in [0.29, 0.717) is 24.7 Å². The van der Waals surface area contributed by atoms with Crippen molar-refractivity contribution in [3.63, 3.8) is 0 Å². The molecule has 0 aliphatic carbocycles. The van der Waals surface area contributed by atoms with Crippen LogP contribution in [0.25, 0.3) is 10.8 Å². The zero-order valence-electron chi connectivity index (χ0n) is 12.5. The molecule has 3 aromatic carbocycles. The molecule has 0 radical (unpaired) electrons. The van der Waals surface area contributed by atoms with Crippen LogP contribution in [0.4, 0.5) is 13.2 Å². The van der Waals surface area contributed by atoms with Crippen LogP contribution in [0.5, 0.6) is 5.75 Å². The van der Waals surface area contributed by atoms with Gasteiger partial charge in [0.05, 0.1) is 0 Å². The molecule has 0 saturated carbocycles. The van der Waals surface area contributed by atoms with Crippen LogP contribution in [0.2, 0.25) is 0 Å². The fourth-order valence-electron chi connectivity index (χ4n) is 3.20. The summed E-state index contributed by atoms with van der Waals surface area (Å²) in [7, 11) is 0. The SMILES string of the molecule is Fc1cc(F)c([C@@H]2CCc3c(ccc4cc(Br)ccc34)O2)cc1F. The first-order chi connectivity index (χ1) is 11.5. The quantitative estimate of drug-likeness (QED) is 0.455. The molecule has 122 valence electrons. The summed E-state index contributed by atoms with van der Waals surface area (Å²) in [6.45, 7) is 0. The average Bonchev–Trinajstić information content (AvgIpc) is 2.57. The van der Waals surface area contributed by atoms with Gasteiger partial charge in [0.1, 0.15) is 17.7 Å². The molecular formula is C19H12BrF3O. The summed E-state index contributed by atoms with van der Waals surface area (Å²) in [5.74, 6) is -2.38. The fraction of sp³-hybridized carbons (Fsp3) is 0.158. The summed E-state index contributed by atoms with van der Waals surface area (Å²) in [5, 5.41) is 2.17. The number of fused-ring (bicyclic) bond motifs is 3. The molecule has 0 N–H and O–H groups in total. The molecule has 1 atom stereocenters. The molecule has 1 aliphatic heterocycles. The number of hydrogen-bond donors (Lipinski definition) is 0. The number of hydrogen-bond acceptors (Lipinski definition) is 1. The van der Waals surface area contributed by atoms with E-state index in [9.17, 15) is 13.2 Å². The van der Waals surface area contributed by atoms with Gasteiger partial charge in [-0.15, -0.1) is 0 Å². The van der Waals surface area contributed by atoms with Crippen LogP contribution in [0.15, 0.2) is 46.9 Å². The minimum atomic E-state index is -1.19. The lowest BCUT2D eigenvalue weighted by Crippen LogP contribution is -2.17. The van der Waals surface area contributed by atoms with Gasteiger partial charge in [0.15, 0.2) is 11.6 Å². The normalized spacial score (nSPS) is 16.8. The van der Waals surface area contributed by atoms with Crippen molar-refractivity contribution in [1.82, 2.24) is 0 Å². The van der Waals surface area contributed by atoms with Crippen LogP contribution in [-0.4, -0.2) is 0 Å². The molecule has 1 heterocycles. The maximum absolute atomic E-state index is 14.0. The summed E-state index contributed by atoms with van der Waals surface area (Å²) >= 11 is 3.45. The van der Waals surface area contributed by atoms with Crippen LogP contribution in [0, 0.1) is 17.5 Å². The second-order valence-corrected chi connectivity index (χ2v) is 6.76. The maximum atomic E-state index is 14.0. The van der Waals surface area contributed by atoms with Crippen LogP contribution < -0.4 is 4.74 Å². The topological polar surface area (TPSA) is 9.23 Å². The van der Waals surface area contributed by atoms with Crippen molar-refractivity contribution in [3.8, 4) is 5.75 Å². The van der Waals surface area contributed by atoms with E-state index < -0.39 is 23.6 Å². The molecule has 0 unspecified atom stereocenters. The van der Waals surface area contributed by atoms with Crippen molar-refractivity contribution in [1.29, 1.82) is 0 Å². The molecule has 24 heavy (non-hydrogen) atoms. The smallest absolute Gasteiger partial charge is 0.161 e. The van der Waals surface area contributed by atoms with Gasteiger partial charge in [-0.25, -0.2) is 13.2 Å². The highest BCUT2D eigenvalue weighted by molar-refractivity contribution is 9.10. The summed E-state index contributed by atoms with van der Waals surface area (Å²) < 4.78 is 47.4. The minimum Gasteiger partial charge on any atom is -0.485 e. The van der Waals surface area contributed by atoms with Gasteiger partial charge in [0, 0.05) is 21.7 Å². The van der Waals surface area contributed by atoms with Gasteiger partial charge in [-0.05, 0) is 47.9 Å². The molecule has 0 amide bonds. The summed E-state index contributed by atoms with van der Waals surface area (Å²) in [5.41, 5.74) is 1.11. The third-order valence-electron chi connectivity index (χ3n) is 4.36. The van der Waals surface area contributed by atoms with E-state index >= 15 is 0 Å². The van der Waals surface area contributed by atoms with E-state index in [1.54, 1.807) is 0 Å². The zero-order chi connectivity index (χ0) is 16.8. The third-order valence-corrected chi connectivity index (χ3v) is 4.86. The zero-order valence-corrected chi connectivity index (χ0v) is 14.0. The first-order valence-electron chi connectivity index (χ1n) is 7.55. The van der Waals surface area contributed by atoms with Crippen LogP contribution >= 0.6 is 15.9 Å². The number of ether oxygens (including phenoxy) is 1. The number of aryl methyl sites for hydroxylation is 1. The van der Waals surface area contributed by atoms with Gasteiger partial charge < -0.3 is 4.74 Å². The van der Waals surface area contributed by atoms with Gasteiger partial charge in [-0.1, -0.05) is 28.1 Å². The summed E-state index contributed by atoms with van der Waals surface area (Å²) in [6, 6.07) is 11.2. The molecule has 0 saturated heterocycles. The molecule has 0 bridgehead atoms. The largest absolute Gasteiger partial charge is 0.485 e. The molecule has 5 heteroatoms. The maximum Gasteiger partial charge on any atom is 0.161 e. The van der Waals surface area contributed by atoms with Crippen LogP contribution in [0.3, 0.4) is 0 Å². The van der Waals surface area contributed by atoms with Crippen LogP contribution in [0.1, 0.15) is 23.7 Å². The lowest BCUT2D eigenvalue weighted by molar-refractivity contribution is 0.172. The van der Waals surface area contributed by atoms with E-state index in [0.717, 1.165) is 26.9 Å². The highest BCUT2D eigenvalue weighted by Crippen LogP contribution is 2.40. The van der Waals surface area contributed by atoms with Crippen LogP contribution in [-0.2, 0) is 6.42 Å². The second kappa shape index (κ2) is 5.81. The van der Waals surface area contributed by atoms with E-state index in [1.807, 2.05) is 30.3 Å². The Morgan fingerprint density at radius 1 is 0.917 bits per heavy atom. The average molecular weight is 393 g/mol. The Morgan fingerprint density at radius 3 is 2.54 bits per heavy atom. The summed E-state index contributed by atoms with van der Waals surface area (Å²) in [4.78, 5) is 0.